The fourth-order valence-electron chi connectivity index (χ4n) is 20.8. The molecule has 0 saturated heterocycles. The molecule has 29 rings (SSSR count). The van der Waals surface area contributed by atoms with Gasteiger partial charge in [-0.25, -0.2) is 9.97 Å². The number of para-hydroxylation sites is 8. The molecule has 8 N–H and O–H groups in total. The van der Waals surface area contributed by atoms with Crippen LogP contribution in [0.3, 0.4) is 0 Å². The Hall–Kier alpha value is -18.7. The molecular formula is C112H72N24Pt. The summed E-state index contributed by atoms with van der Waals surface area (Å²) >= 11 is 0. The van der Waals surface area contributed by atoms with Gasteiger partial charge in [0.1, 0.15) is 0 Å². The first-order valence-corrected chi connectivity index (χ1v) is 45.1. The monoisotopic (exact) mass is 1950 g/mol. The summed E-state index contributed by atoms with van der Waals surface area (Å²) in [6, 6.07) is 118. The zero-order valence-corrected chi connectivity index (χ0v) is 74.7. The molecule has 0 fully saturated rings. The minimum atomic E-state index is 0. The van der Waals surface area contributed by atoms with E-state index in [1.807, 2.05) is 0 Å². The molecule has 25 heteroatoms. The van der Waals surface area contributed by atoms with Crippen LogP contribution in [0.25, 0.3) is 220 Å². The first-order chi connectivity index (χ1) is 67.4. The van der Waals surface area contributed by atoms with Crippen LogP contribution in [0.1, 0.15) is 0 Å². The van der Waals surface area contributed by atoms with Crippen LogP contribution < -0.4 is 53.4 Å². The maximum atomic E-state index is 6.26. The topological polar surface area (TPSA) is 241 Å². The zero-order chi connectivity index (χ0) is 88.9. The van der Waals surface area contributed by atoms with Gasteiger partial charge in [0.25, 0.3) is 0 Å². The molecule has 0 atom stereocenters. The Morgan fingerprint density at radius 2 is 0.307 bits per heavy atom. The molecule has 11 aromatic heterocycles. The first-order valence-electron chi connectivity index (χ1n) is 45.1. The van der Waals surface area contributed by atoms with Gasteiger partial charge >= 0.3 is 21.1 Å². The van der Waals surface area contributed by atoms with E-state index in [1.54, 1.807) is 0 Å². The quantitative estimate of drug-likeness (QED) is 0.0420. The van der Waals surface area contributed by atoms with Gasteiger partial charge in [0.2, 0.25) is 0 Å². The third-order valence-corrected chi connectivity index (χ3v) is 27.0. The number of hydrogen-bond acceptors (Lipinski definition) is 14. The first kappa shape index (κ1) is 77.1. The molecule has 0 saturated carbocycles. The minimum Gasteiger partial charge on any atom is -0.357 e. The van der Waals surface area contributed by atoms with Gasteiger partial charge in [0, 0.05) is 202 Å². The maximum Gasteiger partial charge on any atom is 2.00 e. The van der Waals surface area contributed by atoms with Crippen molar-refractivity contribution >= 4 is 220 Å². The van der Waals surface area contributed by atoms with E-state index in [2.05, 4.69) is 470 Å². The van der Waals surface area contributed by atoms with Crippen LogP contribution in [-0.4, -0.2) is 67.3 Å². The largest absolute Gasteiger partial charge is 2.00 e. The van der Waals surface area contributed by atoms with E-state index in [0.29, 0.717) is 89.3 Å². The third kappa shape index (κ3) is 12.0. The van der Waals surface area contributed by atoms with Gasteiger partial charge < -0.3 is 29.9 Å². The summed E-state index contributed by atoms with van der Waals surface area (Å²) in [5.41, 5.74) is 49.0. The van der Waals surface area contributed by atoms with E-state index in [9.17, 15) is 0 Å². The van der Waals surface area contributed by atoms with Gasteiger partial charge in [-0.3, -0.25) is 80.8 Å². The Bertz CT molecular complexity index is 8860. The van der Waals surface area contributed by atoms with E-state index in [-0.39, 0.29) is 67.0 Å². The molecule has 13 heterocycles. The van der Waals surface area contributed by atoms with Crippen LogP contribution in [0.4, 0.5) is 45.5 Å². The predicted molar refractivity (Wildman–Crippen MR) is 552 cm³/mol. The van der Waals surface area contributed by atoms with Crippen LogP contribution in [-0.2, 0) is 21.1 Å². The molecule has 0 spiro atoms. The van der Waals surface area contributed by atoms with Gasteiger partial charge in [0.05, 0.1) is 113 Å². The normalized spacial score (nSPS) is 12.0. The summed E-state index contributed by atoms with van der Waals surface area (Å²) in [7, 11) is 0. The van der Waals surface area contributed by atoms with Crippen molar-refractivity contribution in [2.45, 2.75) is 0 Å². The van der Waals surface area contributed by atoms with Gasteiger partial charge in [0.15, 0.2) is 0 Å². The minimum absolute atomic E-state index is 0. The van der Waals surface area contributed by atoms with E-state index in [0.717, 1.165) is 130 Å². The molecule has 16 aromatic carbocycles. The number of nitrogens with zero attached hydrogens (tertiary/aromatic N) is 16. The molecular weight excluding hydrogens is 1880 g/mol. The van der Waals surface area contributed by atoms with Gasteiger partial charge in [-0.1, -0.05) is 243 Å². The molecule has 0 aliphatic carbocycles. The fourth-order valence-corrected chi connectivity index (χ4v) is 20.8. The van der Waals surface area contributed by atoms with E-state index in [1.165, 1.54) is 0 Å². The molecule has 0 amide bonds. The van der Waals surface area contributed by atoms with Crippen molar-refractivity contribution in [1.82, 2.24) is 77.3 Å². The number of fused-ring (bicyclic) bond motifs is 32. The van der Waals surface area contributed by atoms with Crippen LogP contribution in [0.2, 0.25) is 0 Å². The zero-order valence-electron chi connectivity index (χ0n) is 72.4. The SMILES string of the molecule is [Pt+2].c1ccc2c(c1)ccn2Nc1c2c(c(Nn3ccc4ccccc43)c3ccccc13)-c1nc-2nc2[n-]c(nc3nc(nc4[n-]c(n1)c1c(Nn5ccc6ccccc65)c5ccccc5c(Nn5ccc6ccccc65)c41)-c1c-3c(Nn3ccc4ccccc43)c3ccccc3c1Nn1ccc3ccccc31)c1c(Nn3ccc4ccccc43)c3ccccc3c(Nn3ccc4ccccc43)c21. The summed E-state index contributed by atoms with van der Waals surface area (Å²) in [6.45, 7) is 0. The van der Waals surface area contributed by atoms with Crippen molar-refractivity contribution in [3.63, 3.8) is 0 Å². The maximum absolute atomic E-state index is 6.26. The van der Waals surface area contributed by atoms with Crippen molar-refractivity contribution in [2.24, 2.45) is 0 Å². The van der Waals surface area contributed by atoms with Crippen molar-refractivity contribution in [1.29, 1.82) is 0 Å². The molecule has 2 aliphatic heterocycles. The second-order valence-electron chi connectivity index (χ2n) is 34.5. The van der Waals surface area contributed by atoms with E-state index >= 15 is 0 Å². The summed E-state index contributed by atoms with van der Waals surface area (Å²) in [6.07, 6.45) is 16.5. The summed E-state index contributed by atoms with van der Waals surface area (Å²) in [5.74, 6) is 1.07. The summed E-state index contributed by atoms with van der Waals surface area (Å²) in [5, 5.41) is 17.4. The number of hydrogen-bond donors (Lipinski definition) is 8. The fraction of sp³-hybridized carbons (Fsp3) is 0. The Balaban J connectivity index is 0.00000927. The van der Waals surface area contributed by atoms with Crippen molar-refractivity contribution in [2.75, 3.05) is 43.4 Å². The smallest absolute Gasteiger partial charge is 0.357 e. The molecule has 2 aliphatic rings. The predicted octanol–water partition coefficient (Wildman–Crippen LogP) is 25.4. The van der Waals surface area contributed by atoms with Crippen molar-refractivity contribution in [3.05, 3.63) is 389 Å². The number of rotatable bonds is 16. The van der Waals surface area contributed by atoms with Gasteiger partial charge in [-0.15, -0.1) is 0 Å². The van der Waals surface area contributed by atoms with E-state index < -0.39 is 0 Å². The van der Waals surface area contributed by atoms with Crippen molar-refractivity contribution < 1.29 is 21.1 Å². The Labute approximate surface area is 791 Å². The van der Waals surface area contributed by atoms with Gasteiger partial charge in [-0.2, -0.15) is 0 Å². The van der Waals surface area contributed by atoms with Crippen LogP contribution in [0.5, 0.6) is 0 Å². The van der Waals surface area contributed by atoms with Crippen LogP contribution in [0.15, 0.2) is 389 Å². The number of benzene rings is 16. The molecule has 0 unspecified atom stereocenters. The Kier molecular flexibility index (Phi) is 17.0. The van der Waals surface area contributed by atoms with Crippen LogP contribution >= 0.6 is 0 Å². The molecule has 650 valence electrons. The van der Waals surface area contributed by atoms with Crippen LogP contribution in [0, 0.1) is 0 Å². The second-order valence-corrected chi connectivity index (χ2v) is 34.5. The molecule has 27 aromatic rings. The Morgan fingerprint density at radius 3 is 0.482 bits per heavy atom. The Morgan fingerprint density at radius 1 is 0.161 bits per heavy atom. The second kappa shape index (κ2) is 30.2. The van der Waals surface area contributed by atoms with Gasteiger partial charge in [-0.05, 0) is 97.1 Å². The summed E-state index contributed by atoms with van der Waals surface area (Å²) < 4.78 is 16.6. The number of aromatic nitrogens is 16. The summed E-state index contributed by atoms with van der Waals surface area (Å²) in [4.78, 5) is 49.4. The third-order valence-electron chi connectivity index (χ3n) is 27.0. The molecule has 8 bridgehead atoms. The molecule has 137 heavy (non-hydrogen) atoms. The number of anilines is 8. The van der Waals surface area contributed by atoms with E-state index in [4.69, 9.17) is 39.9 Å². The standard InChI is InChI=1S/C112H72N24.Pt/c1-17-41-81-65(25-1)49-57-129(81)121-97-73-33-9-10-34-74(73)98(122-130-58-50-66-26-2-18-42-82(66)130)90-89(97)105-113-106(90)118-108-93-94(102(126-134-62-54-70-30-6-22-46-86(70)134)78-38-14-13-37-77(78)101(93)125-133-61-53-69-29-5-21-45-85(69)133)110(115-108)120-112-96-95(103(127-135-63-55-71-31-7-23-47-87(71)135)79-39-15-16-40-80(79)104(96)128-136-64-56-72-32-8-24-48-88(72)136)111(116-112)119-109-92-91(107(114-109)117-105)99(123-131-59-51-67-27-3-19-43-83(67)131)75-35-11-12-36-76(75)100(92)124-132-60-52-68-28-4-20-44-84(68)132;/h1-64,121-128H;/q-2;+2. The average molecular weight is 1950 g/mol. The molecule has 24 nitrogen and oxygen atoms in total. The molecule has 0 radical (unpaired) electrons. The average Bonchev–Trinajstić information content (AvgIpc) is 1.55. The number of nitrogens with one attached hydrogen (secondary N) is 8. The van der Waals surface area contributed by atoms with Crippen molar-refractivity contribution in [3.8, 4) is 45.6 Å².